The van der Waals surface area contributed by atoms with Crippen molar-refractivity contribution in [2.24, 2.45) is 11.8 Å². The van der Waals surface area contributed by atoms with Gasteiger partial charge in [0.25, 0.3) is 0 Å². The van der Waals surface area contributed by atoms with E-state index in [1.54, 1.807) is 18.2 Å². The second-order valence-electron chi connectivity index (χ2n) is 9.09. The van der Waals surface area contributed by atoms with Gasteiger partial charge in [-0.25, -0.2) is 4.39 Å². The average Bonchev–Trinajstić information content (AvgIpc) is 3.55. The van der Waals surface area contributed by atoms with Gasteiger partial charge in [-0.1, -0.05) is 6.07 Å². The topological polar surface area (TPSA) is 134 Å². The van der Waals surface area contributed by atoms with Gasteiger partial charge in [0.05, 0.1) is 18.4 Å². The van der Waals surface area contributed by atoms with Crippen molar-refractivity contribution in [2.45, 2.75) is 31.0 Å². The maximum Gasteiger partial charge on any atom is 0.303 e. The van der Waals surface area contributed by atoms with E-state index in [-0.39, 0.29) is 31.7 Å². The second-order valence-corrected chi connectivity index (χ2v) is 9.09. The van der Waals surface area contributed by atoms with Crippen LogP contribution in [0, 0.1) is 17.7 Å². The Bertz CT molecular complexity index is 1310. The number of rotatable bonds is 5. The molecule has 10 nitrogen and oxygen atoms in total. The minimum Gasteiger partial charge on any atom is -0.481 e. The molecule has 0 unspecified atom stereocenters. The van der Waals surface area contributed by atoms with Crippen LogP contribution in [-0.4, -0.2) is 46.5 Å². The monoisotopic (exact) mass is 481 g/mol. The Morgan fingerprint density at radius 2 is 1.91 bits per heavy atom. The molecule has 0 bridgehead atoms. The molecule has 0 aliphatic carbocycles. The van der Waals surface area contributed by atoms with E-state index in [9.17, 15) is 28.7 Å². The van der Waals surface area contributed by atoms with Crippen LogP contribution in [0.4, 0.5) is 10.1 Å². The number of nitrogens with one attached hydrogen (secondary N) is 2. The van der Waals surface area contributed by atoms with E-state index in [0.29, 0.717) is 22.7 Å². The molecule has 0 radical (unpaired) electrons. The first-order valence-electron chi connectivity index (χ1n) is 11.1. The highest BCUT2D eigenvalue weighted by Crippen LogP contribution is 2.53. The summed E-state index contributed by atoms with van der Waals surface area (Å²) in [5.74, 6) is -4.38. The highest BCUT2D eigenvalue weighted by Gasteiger charge is 2.70. The van der Waals surface area contributed by atoms with E-state index in [2.05, 4.69) is 10.6 Å². The summed E-state index contributed by atoms with van der Waals surface area (Å²) < 4.78 is 24.9. The Morgan fingerprint density at radius 3 is 2.71 bits per heavy atom. The maximum absolute atomic E-state index is 14.2. The molecule has 3 amide bonds. The van der Waals surface area contributed by atoms with E-state index < -0.39 is 52.9 Å². The summed E-state index contributed by atoms with van der Waals surface area (Å²) in [7, 11) is 0. The third-order valence-corrected chi connectivity index (χ3v) is 7.22. The maximum atomic E-state index is 14.2. The first kappa shape index (κ1) is 21.5. The summed E-state index contributed by atoms with van der Waals surface area (Å²) in [6.07, 6.45) is -0.245. The lowest BCUT2D eigenvalue weighted by atomic mass is 9.76. The zero-order valence-electron chi connectivity index (χ0n) is 18.2. The number of likely N-dealkylation sites (tertiary alicyclic amines) is 1. The lowest BCUT2D eigenvalue weighted by Gasteiger charge is -2.29. The standard InChI is InChI=1S/C24H20FN3O7/c25-12-2-3-14-13(8-12)24(23(33)26-14)20-19(15(27-24)4-6-18(29)30)21(31)28(22(20)32)9-11-1-5-16-17(7-11)35-10-34-16/h1-3,5,7-8,15,19-20,27H,4,6,9-10H2,(H,26,33)(H,29,30)/t15-,19-,20+,24-/m1/s1. The summed E-state index contributed by atoms with van der Waals surface area (Å²) in [4.78, 5) is 53.0. The van der Waals surface area contributed by atoms with Crippen molar-refractivity contribution in [3.8, 4) is 11.5 Å². The fraction of sp³-hybridized carbons (Fsp3) is 0.333. The molecule has 2 fully saturated rings. The highest BCUT2D eigenvalue weighted by molar-refractivity contribution is 6.15. The summed E-state index contributed by atoms with van der Waals surface area (Å²) in [5, 5.41) is 15.0. The van der Waals surface area contributed by atoms with Crippen molar-refractivity contribution < 1.29 is 38.1 Å². The molecule has 3 N–H and O–H groups in total. The van der Waals surface area contributed by atoms with Crippen molar-refractivity contribution in [1.82, 2.24) is 10.2 Å². The predicted octanol–water partition coefficient (Wildman–Crippen LogP) is 1.34. The van der Waals surface area contributed by atoms with Crippen molar-refractivity contribution in [1.29, 1.82) is 0 Å². The van der Waals surface area contributed by atoms with E-state index in [1.807, 2.05) is 0 Å². The van der Waals surface area contributed by atoms with Crippen LogP contribution in [0.5, 0.6) is 11.5 Å². The van der Waals surface area contributed by atoms with Crippen LogP contribution in [0.1, 0.15) is 24.0 Å². The van der Waals surface area contributed by atoms with E-state index >= 15 is 0 Å². The van der Waals surface area contributed by atoms with Gasteiger partial charge in [0, 0.05) is 23.7 Å². The van der Waals surface area contributed by atoms with Crippen LogP contribution in [0.3, 0.4) is 0 Å². The number of anilines is 1. The quantitative estimate of drug-likeness (QED) is 0.545. The molecule has 6 rings (SSSR count). The van der Waals surface area contributed by atoms with Crippen molar-refractivity contribution in [3.05, 3.63) is 53.3 Å². The number of aliphatic carboxylic acids is 1. The molecule has 4 atom stereocenters. The molecule has 2 aromatic carbocycles. The molecule has 4 aliphatic heterocycles. The SMILES string of the molecule is O=C(O)CC[C@H]1N[C@@]2(C(=O)Nc3ccc(F)cc32)[C@@H]2C(=O)N(Cc3ccc4c(c3)OCO4)C(=O)[C@@H]21. The summed E-state index contributed by atoms with van der Waals surface area (Å²) >= 11 is 0. The summed E-state index contributed by atoms with van der Waals surface area (Å²) in [6, 6.07) is 8.09. The zero-order chi connectivity index (χ0) is 24.5. The highest BCUT2D eigenvalue weighted by atomic mass is 19.1. The third-order valence-electron chi connectivity index (χ3n) is 7.22. The molecular formula is C24H20FN3O7. The number of halogens is 1. The molecule has 0 saturated carbocycles. The van der Waals surface area contributed by atoms with Crippen molar-refractivity contribution in [3.63, 3.8) is 0 Å². The Morgan fingerprint density at radius 1 is 1.11 bits per heavy atom. The Labute approximate surface area is 198 Å². The summed E-state index contributed by atoms with van der Waals surface area (Å²) in [5.41, 5.74) is -0.471. The smallest absolute Gasteiger partial charge is 0.303 e. The van der Waals surface area contributed by atoms with Crippen LogP contribution in [0.15, 0.2) is 36.4 Å². The van der Waals surface area contributed by atoms with Gasteiger partial charge in [0.2, 0.25) is 24.5 Å². The number of carbonyl (C=O) groups is 4. The molecule has 4 heterocycles. The van der Waals surface area contributed by atoms with Gasteiger partial charge in [0.1, 0.15) is 11.4 Å². The summed E-state index contributed by atoms with van der Waals surface area (Å²) in [6.45, 7) is 0.0235. The fourth-order valence-corrected chi connectivity index (χ4v) is 5.74. The lowest BCUT2D eigenvalue weighted by Crippen LogP contribution is -2.53. The molecule has 35 heavy (non-hydrogen) atoms. The fourth-order valence-electron chi connectivity index (χ4n) is 5.74. The van der Waals surface area contributed by atoms with Gasteiger partial charge in [-0.3, -0.25) is 29.4 Å². The molecule has 4 aliphatic rings. The number of imide groups is 1. The normalized spacial score (nSPS) is 28.0. The Balaban J connectivity index is 1.40. The number of carboxylic acid groups (broad SMARTS) is 1. The van der Waals surface area contributed by atoms with Crippen LogP contribution in [-0.2, 0) is 31.3 Å². The Hall–Kier alpha value is -3.99. The van der Waals surface area contributed by atoms with Crippen molar-refractivity contribution in [2.75, 3.05) is 12.1 Å². The zero-order valence-corrected chi connectivity index (χ0v) is 18.2. The van der Waals surface area contributed by atoms with Gasteiger partial charge < -0.3 is 19.9 Å². The van der Waals surface area contributed by atoms with Gasteiger partial charge >= 0.3 is 5.97 Å². The number of hydrogen-bond acceptors (Lipinski definition) is 7. The average molecular weight is 481 g/mol. The minimum atomic E-state index is -1.68. The molecule has 1 spiro atoms. The molecule has 180 valence electrons. The van der Waals surface area contributed by atoms with E-state index in [4.69, 9.17) is 9.47 Å². The van der Waals surface area contributed by atoms with Crippen LogP contribution in [0.25, 0.3) is 0 Å². The third kappa shape index (κ3) is 3.04. The largest absolute Gasteiger partial charge is 0.481 e. The number of nitrogens with zero attached hydrogens (tertiary/aromatic N) is 1. The number of hydrogen-bond donors (Lipinski definition) is 3. The molecule has 2 aromatic rings. The number of carbonyl (C=O) groups excluding carboxylic acids is 3. The second kappa shape index (κ2) is 7.51. The van der Waals surface area contributed by atoms with Gasteiger partial charge in [-0.05, 0) is 42.3 Å². The van der Waals surface area contributed by atoms with Gasteiger partial charge in [0.15, 0.2) is 11.5 Å². The first-order chi connectivity index (χ1) is 16.8. The van der Waals surface area contributed by atoms with Crippen LogP contribution < -0.4 is 20.1 Å². The van der Waals surface area contributed by atoms with Crippen LogP contribution in [0.2, 0.25) is 0 Å². The first-order valence-corrected chi connectivity index (χ1v) is 11.1. The number of carboxylic acids is 1. The number of ether oxygens (including phenoxy) is 2. The van der Waals surface area contributed by atoms with E-state index in [1.165, 1.54) is 18.2 Å². The molecule has 11 heteroatoms. The number of benzene rings is 2. The molecular weight excluding hydrogens is 461 g/mol. The van der Waals surface area contributed by atoms with Crippen molar-refractivity contribution >= 4 is 29.4 Å². The van der Waals surface area contributed by atoms with E-state index in [0.717, 1.165) is 4.90 Å². The molecule has 2 saturated heterocycles. The number of fused-ring (bicyclic) bond motifs is 5. The lowest BCUT2D eigenvalue weighted by molar-refractivity contribution is -0.144. The Kier molecular flexibility index (Phi) is 4.62. The van der Waals surface area contributed by atoms with Gasteiger partial charge in [-0.15, -0.1) is 0 Å². The number of amides is 3. The minimum absolute atomic E-state index is 0.0209. The van der Waals surface area contributed by atoms with Crippen LogP contribution >= 0.6 is 0 Å². The predicted molar refractivity (Wildman–Crippen MR) is 116 cm³/mol. The molecule has 0 aromatic heterocycles. The van der Waals surface area contributed by atoms with Gasteiger partial charge in [-0.2, -0.15) is 0 Å².